The van der Waals surface area contributed by atoms with Crippen LogP contribution in [-0.4, -0.2) is 52.9 Å². The van der Waals surface area contributed by atoms with Crippen LogP contribution in [0.25, 0.3) is 10.9 Å². The van der Waals surface area contributed by atoms with Crippen molar-refractivity contribution in [1.29, 1.82) is 0 Å². The molecule has 26 heavy (non-hydrogen) atoms. The van der Waals surface area contributed by atoms with Crippen LogP contribution in [0.5, 0.6) is 0 Å². The second-order valence-electron chi connectivity index (χ2n) is 7.84. The van der Waals surface area contributed by atoms with Gasteiger partial charge in [-0.2, -0.15) is 0 Å². The van der Waals surface area contributed by atoms with E-state index in [0.717, 1.165) is 48.1 Å². The lowest BCUT2D eigenvalue weighted by Gasteiger charge is -2.38. The van der Waals surface area contributed by atoms with Gasteiger partial charge in [0.25, 0.3) is 0 Å². The number of piperidine rings is 1. The van der Waals surface area contributed by atoms with E-state index in [1.807, 2.05) is 6.92 Å². The van der Waals surface area contributed by atoms with Crippen molar-refractivity contribution in [2.45, 2.75) is 51.5 Å². The van der Waals surface area contributed by atoms with Gasteiger partial charge in [0.05, 0.1) is 6.42 Å². The van der Waals surface area contributed by atoms with E-state index < -0.39 is 0 Å². The first kappa shape index (κ1) is 17.5. The standard InChI is InChI=1S/C21H28FN3O/c1-15-18(19-12-16(22)7-8-20(19)23-15)13-21(26)25-11-3-2-6-17(25)14-24-9-4-5-10-24/h7-8,12,17,23H,2-6,9-11,13-14H2,1H3/t17-/m0/s1. The molecule has 5 heteroatoms. The van der Waals surface area contributed by atoms with Crippen molar-refractivity contribution < 1.29 is 9.18 Å². The van der Waals surface area contributed by atoms with E-state index >= 15 is 0 Å². The van der Waals surface area contributed by atoms with Gasteiger partial charge in [0, 0.05) is 35.7 Å². The van der Waals surface area contributed by atoms with Crippen LogP contribution in [0, 0.1) is 12.7 Å². The Labute approximate surface area is 154 Å². The number of carbonyl (C=O) groups is 1. The fourth-order valence-corrected chi connectivity index (χ4v) is 4.62. The van der Waals surface area contributed by atoms with Gasteiger partial charge in [0.2, 0.25) is 5.91 Å². The quantitative estimate of drug-likeness (QED) is 0.907. The van der Waals surface area contributed by atoms with Crippen LogP contribution in [0.3, 0.4) is 0 Å². The maximum atomic E-state index is 13.7. The summed E-state index contributed by atoms with van der Waals surface area (Å²) < 4.78 is 13.7. The number of nitrogens with zero attached hydrogens (tertiary/aromatic N) is 2. The average molecular weight is 357 g/mol. The zero-order valence-corrected chi connectivity index (χ0v) is 15.6. The van der Waals surface area contributed by atoms with Crippen LogP contribution in [0.15, 0.2) is 18.2 Å². The van der Waals surface area contributed by atoms with Crippen molar-refractivity contribution in [2.24, 2.45) is 0 Å². The highest BCUT2D eigenvalue weighted by atomic mass is 19.1. The van der Waals surface area contributed by atoms with Crippen LogP contribution in [0.2, 0.25) is 0 Å². The minimum Gasteiger partial charge on any atom is -0.358 e. The fourth-order valence-electron chi connectivity index (χ4n) is 4.62. The zero-order chi connectivity index (χ0) is 18.1. The lowest BCUT2D eigenvalue weighted by Crippen LogP contribution is -2.49. The normalized spacial score (nSPS) is 21.6. The van der Waals surface area contributed by atoms with Crippen LogP contribution in [0.1, 0.15) is 43.4 Å². The third-order valence-electron chi connectivity index (χ3n) is 6.02. The van der Waals surface area contributed by atoms with Gasteiger partial charge in [0.15, 0.2) is 0 Å². The molecular formula is C21H28FN3O. The number of aromatic nitrogens is 1. The molecule has 4 rings (SSSR count). The molecule has 0 aliphatic carbocycles. The van der Waals surface area contributed by atoms with Crippen LogP contribution >= 0.6 is 0 Å². The molecule has 1 N–H and O–H groups in total. The zero-order valence-electron chi connectivity index (χ0n) is 15.6. The molecule has 2 aromatic rings. The molecule has 1 aromatic carbocycles. The summed E-state index contributed by atoms with van der Waals surface area (Å²) in [7, 11) is 0. The molecule has 1 aromatic heterocycles. The number of carbonyl (C=O) groups excluding carboxylic acids is 1. The SMILES string of the molecule is Cc1[nH]c2ccc(F)cc2c1CC(=O)N1CCCC[C@H]1CN1CCCC1. The summed E-state index contributed by atoms with van der Waals surface area (Å²) in [5.74, 6) is -0.0720. The third kappa shape index (κ3) is 3.50. The largest absolute Gasteiger partial charge is 0.358 e. The first-order valence-corrected chi connectivity index (χ1v) is 9.90. The summed E-state index contributed by atoms with van der Waals surface area (Å²) in [4.78, 5) is 21.0. The monoisotopic (exact) mass is 357 g/mol. The first-order valence-electron chi connectivity index (χ1n) is 9.90. The van der Waals surface area contributed by atoms with Gasteiger partial charge >= 0.3 is 0 Å². The molecular weight excluding hydrogens is 329 g/mol. The van der Waals surface area contributed by atoms with Gasteiger partial charge < -0.3 is 14.8 Å². The van der Waals surface area contributed by atoms with E-state index in [0.29, 0.717) is 12.5 Å². The number of likely N-dealkylation sites (tertiary alicyclic amines) is 2. The van der Waals surface area contributed by atoms with E-state index in [4.69, 9.17) is 0 Å². The summed E-state index contributed by atoms with van der Waals surface area (Å²) in [5, 5.41) is 0.837. The van der Waals surface area contributed by atoms with Gasteiger partial charge in [-0.05, 0) is 75.9 Å². The Morgan fingerprint density at radius 3 is 2.77 bits per heavy atom. The second-order valence-corrected chi connectivity index (χ2v) is 7.84. The molecule has 0 saturated carbocycles. The van der Waals surface area contributed by atoms with Crippen molar-refractivity contribution in [2.75, 3.05) is 26.2 Å². The molecule has 0 unspecified atom stereocenters. The number of amides is 1. The number of hydrogen-bond donors (Lipinski definition) is 1. The number of fused-ring (bicyclic) bond motifs is 1. The smallest absolute Gasteiger partial charge is 0.227 e. The van der Waals surface area contributed by atoms with Gasteiger partial charge in [-0.3, -0.25) is 4.79 Å². The van der Waals surface area contributed by atoms with E-state index in [-0.39, 0.29) is 11.7 Å². The molecule has 1 amide bonds. The number of aromatic amines is 1. The van der Waals surface area contributed by atoms with Crippen LogP contribution in [-0.2, 0) is 11.2 Å². The summed E-state index contributed by atoms with van der Waals surface area (Å²) >= 11 is 0. The first-order chi connectivity index (χ1) is 12.6. The van der Waals surface area contributed by atoms with Crippen molar-refractivity contribution in [1.82, 2.24) is 14.8 Å². The topological polar surface area (TPSA) is 39.3 Å². The Morgan fingerprint density at radius 1 is 1.19 bits per heavy atom. The molecule has 4 nitrogen and oxygen atoms in total. The number of halogens is 1. The highest BCUT2D eigenvalue weighted by Crippen LogP contribution is 2.26. The Hall–Kier alpha value is -1.88. The van der Waals surface area contributed by atoms with E-state index in [9.17, 15) is 9.18 Å². The van der Waals surface area contributed by atoms with Crippen LogP contribution < -0.4 is 0 Å². The minimum atomic E-state index is -0.255. The van der Waals surface area contributed by atoms with E-state index in [1.165, 1.54) is 38.4 Å². The molecule has 2 aliphatic heterocycles. The Bertz CT molecular complexity index is 794. The summed E-state index contributed by atoms with van der Waals surface area (Å²) in [6.07, 6.45) is 6.31. The number of nitrogens with one attached hydrogen (secondary N) is 1. The molecule has 2 saturated heterocycles. The maximum absolute atomic E-state index is 13.7. The molecule has 0 bridgehead atoms. The molecule has 1 atom stereocenters. The minimum absolute atomic E-state index is 0.183. The number of H-pyrrole nitrogens is 1. The molecule has 0 spiro atoms. The Kier molecular flexibility index (Phi) is 4.98. The molecule has 2 aliphatic rings. The number of aryl methyl sites for hydroxylation is 1. The second kappa shape index (κ2) is 7.39. The molecule has 2 fully saturated rings. The van der Waals surface area contributed by atoms with Crippen molar-refractivity contribution in [3.8, 4) is 0 Å². The molecule has 0 radical (unpaired) electrons. The number of rotatable bonds is 4. The molecule has 3 heterocycles. The highest BCUT2D eigenvalue weighted by molar-refractivity contribution is 5.90. The number of benzene rings is 1. The summed E-state index contributed by atoms with van der Waals surface area (Å²) in [5.41, 5.74) is 2.81. The molecule has 140 valence electrons. The van der Waals surface area contributed by atoms with Gasteiger partial charge in [0.1, 0.15) is 5.82 Å². The third-order valence-corrected chi connectivity index (χ3v) is 6.02. The average Bonchev–Trinajstić information content (AvgIpc) is 3.24. The van der Waals surface area contributed by atoms with E-state index in [1.54, 1.807) is 12.1 Å². The Balaban J connectivity index is 1.52. The van der Waals surface area contributed by atoms with Crippen molar-refractivity contribution >= 4 is 16.8 Å². The summed E-state index contributed by atoms with van der Waals surface area (Å²) in [6, 6.07) is 5.08. The Morgan fingerprint density at radius 2 is 1.96 bits per heavy atom. The van der Waals surface area contributed by atoms with Gasteiger partial charge in [-0.15, -0.1) is 0 Å². The summed E-state index contributed by atoms with van der Waals surface area (Å²) in [6.45, 7) is 6.16. The van der Waals surface area contributed by atoms with Gasteiger partial charge in [-0.25, -0.2) is 4.39 Å². The lowest BCUT2D eigenvalue weighted by molar-refractivity contribution is -0.134. The van der Waals surface area contributed by atoms with Crippen LogP contribution in [0.4, 0.5) is 4.39 Å². The van der Waals surface area contributed by atoms with Crippen molar-refractivity contribution in [3.05, 3.63) is 35.3 Å². The highest BCUT2D eigenvalue weighted by Gasteiger charge is 2.29. The maximum Gasteiger partial charge on any atom is 0.227 e. The van der Waals surface area contributed by atoms with Crippen molar-refractivity contribution in [3.63, 3.8) is 0 Å². The lowest BCUT2D eigenvalue weighted by atomic mass is 9.99. The van der Waals surface area contributed by atoms with Gasteiger partial charge in [-0.1, -0.05) is 0 Å². The van der Waals surface area contributed by atoms with E-state index in [2.05, 4.69) is 14.8 Å². The fraction of sp³-hybridized carbons (Fsp3) is 0.571. The number of hydrogen-bond acceptors (Lipinski definition) is 2. The predicted octanol–water partition coefficient (Wildman–Crippen LogP) is 3.63. The predicted molar refractivity (Wildman–Crippen MR) is 102 cm³/mol.